The third-order valence-corrected chi connectivity index (χ3v) is 5.72. The van der Waals surface area contributed by atoms with Gasteiger partial charge in [-0.2, -0.15) is 0 Å². The molecule has 0 saturated carbocycles. The van der Waals surface area contributed by atoms with Crippen molar-refractivity contribution in [2.75, 3.05) is 37.6 Å². The number of rotatable bonds is 5. The molecule has 2 heterocycles. The molecule has 2 aromatic carbocycles. The zero-order valence-corrected chi connectivity index (χ0v) is 18.0. The number of benzene rings is 2. The summed E-state index contributed by atoms with van der Waals surface area (Å²) in [6, 6.07) is 18.1. The number of anilines is 1. The SMILES string of the molecule is Cc1cccc(N2CCN(C3=C(c4ccccc4)C(=O)N(CC(C)C)C3=O)CC2)c1. The zero-order chi connectivity index (χ0) is 21.3. The van der Waals surface area contributed by atoms with Crippen LogP contribution in [-0.2, 0) is 9.59 Å². The minimum absolute atomic E-state index is 0.156. The number of carbonyl (C=O) groups excluding carboxylic acids is 2. The lowest BCUT2D eigenvalue weighted by Gasteiger charge is -2.37. The molecular formula is C25H29N3O2. The van der Waals surface area contributed by atoms with Crippen molar-refractivity contribution in [1.82, 2.24) is 9.80 Å². The van der Waals surface area contributed by atoms with Crippen molar-refractivity contribution in [2.24, 2.45) is 5.92 Å². The van der Waals surface area contributed by atoms with Crippen LogP contribution < -0.4 is 4.90 Å². The first kappa shape index (κ1) is 20.2. The van der Waals surface area contributed by atoms with Crippen LogP contribution in [0.2, 0.25) is 0 Å². The van der Waals surface area contributed by atoms with E-state index >= 15 is 0 Å². The van der Waals surface area contributed by atoms with Gasteiger partial charge in [-0.05, 0) is 36.1 Å². The van der Waals surface area contributed by atoms with Crippen LogP contribution in [0, 0.1) is 12.8 Å². The van der Waals surface area contributed by atoms with Gasteiger partial charge in [0.05, 0.1) is 5.57 Å². The summed E-state index contributed by atoms with van der Waals surface area (Å²) in [4.78, 5) is 32.4. The molecule has 1 fully saturated rings. The summed E-state index contributed by atoms with van der Waals surface area (Å²) >= 11 is 0. The van der Waals surface area contributed by atoms with Crippen LogP contribution in [0.25, 0.3) is 5.57 Å². The van der Waals surface area contributed by atoms with Crippen molar-refractivity contribution in [3.63, 3.8) is 0 Å². The summed E-state index contributed by atoms with van der Waals surface area (Å²) in [5.74, 6) is -0.0972. The highest BCUT2D eigenvalue weighted by atomic mass is 16.2. The first-order valence-electron chi connectivity index (χ1n) is 10.7. The summed E-state index contributed by atoms with van der Waals surface area (Å²) < 4.78 is 0. The van der Waals surface area contributed by atoms with E-state index in [9.17, 15) is 9.59 Å². The Morgan fingerprint density at radius 1 is 0.833 bits per heavy atom. The second-order valence-corrected chi connectivity index (χ2v) is 8.52. The van der Waals surface area contributed by atoms with E-state index in [0.29, 0.717) is 30.9 Å². The Bertz CT molecular complexity index is 973. The number of nitrogens with zero attached hydrogens (tertiary/aromatic N) is 3. The number of hydrogen-bond donors (Lipinski definition) is 0. The van der Waals surface area contributed by atoms with Gasteiger partial charge in [-0.3, -0.25) is 14.5 Å². The molecule has 2 aromatic rings. The molecule has 0 bridgehead atoms. The summed E-state index contributed by atoms with van der Waals surface area (Å²) in [6.45, 7) is 9.68. The van der Waals surface area contributed by atoms with Crippen molar-refractivity contribution >= 4 is 23.1 Å². The van der Waals surface area contributed by atoms with Gasteiger partial charge in [-0.1, -0.05) is 56.3 Å². The molecule has 5 heteroatoms. The number of imide groups is 1. The topological polar surface area (TPSA) is 43.9 Å². The van der Waals surface area contributed by atoms with E-state index in [1.54, 1.807) is 0 Å². The molecule has 5 nitrogen and oxygen atoms in total. The number of hydrogen-bond acceptors (Lipinski definition) is 4. The van der Waals surface area contributed by atoms with Crippen molar-refractivity contribution in [2.45, 2.75) is 20.8 Å². The molecule has 156 valence electrons. The standard InChI is InChI=1S/C25H29N3O2/c1-18(2)17-28-24(29)22(20-9-5-4-6-10-20)23(25(28)30)27-14-12-26(13-15-27)21-11-7-8-19(3)16-21/h4-11,16,18H,12-15,17H2,1-3H3. The smallest absolute Gasteiger partial charge is 0.277 e. The molecule has 0 atom stereocenters. The van der Waals surface area contributed by atoms with Crippen molar-refractivity contribution in [3.05, 3.63) is 71.4 Å². The second-order valence-electron chi connectivity index (χ2n) is 8.52. The maximum atomic E-state index is 13.3. The Labute approximate surface area is 178 Å². The van der Waals surface area contributed by atoms with E-state index in [1.165, 1.54) is 16.2 Å². The monoisotopic (exact) mass is 403 g/mol. The number of aryl methyl sites for hydroxylation is 1. The van der Waals surface area contributed by atoms with E-state index in [-0.39, 0.29) is 17.7 Å². The summed E-state index contributed by atoms with van der Waals surface area (Å²) in [5.41, 5.74) is 4.38. The first-order chi connectivity index (χ1) is 14.5. The number of amides is 2. The molecule has 1 saturated heterocycles. The maximum Gasteiger partial charge on any atom is 0.277 e. The Morgan fingerprint density at radius 3 is 2.13 bits per heavy atom. The van der Waals surface area contributed by atoms with Crippen LogP contribution >= 0.6 is 0 Å². The molecule has 2 aliphatic rings. The maximum absolute atomic E-state index is 13.3. The fourth-order valence-electron chi connectivity index (χ4n) is 4.27. The predicted molar refractivity (Wildman–Crippen MR) is 120 cm³/mol. The molecule has 2 aliphatic heterocycles. The van der Waals surface area contributed by atoms with E-state index in [0.717, 1.165) is 18.7 Å². The number of piperazine rings is 1. The van der Waals surface area contributed by atoms with E-state index < -0.39 is 0 Å². The minimum atomic E-state index is -0.170. The van der Waals surface area contributed by atoms with Crippen LogP contribution in [0.15, 0.2) is 60.3 Å². The van der Waals surface area contributed by atoms with Crippen LogP contribution in [0.1, 0.15) is 25.0 Å². The van der Waals surface area contributed by atoms with Crippen LogP contribution in [0.5, 0.6) is 0 Å². The van der Waals surface area contributed by atoms with Gasteiger partial charge in [-0.25, -0.2) is 0 Å². The fourth-order valence-corrected chi connectivity index (χ4v) is 4.27. The van der Waals surface area contributed by atoms with Crippen molar-refractivity contribution in [3.8, 4) is 0 Å². The Balaban J connectivity index is 1.62. The predicted octanol–water partition coefficient (Wildman–Crippen LogP) is 3.55. The molecule has 2 amide bonds. The molecule has 0 spiro atoms. The third kappa shape index (κ3) is 3.84. The van der Waals surface area contributed by atoms with Gasteiger partial charge in [0.1, 0.15) is 5.70 Å². The zero-order valence-electron chi connectivity index (χ0n) is 18.0. The van der Waals surface area contributed by atoms with Crippen molar-refractivity contribution in [1.29, 1.82) is 0 Å². The highest BCUT2D eigenvalue weighted by molar-refractivity contribution is 6.35. The lowest BCUT2D eigenvalue weighted by molar-refractivity contribution is -0.138. The van der Waals surface area contributed by atoms with Gasteiger partial charge in [0.2, 0.25) is 0 Å². The van der Waals surface area contributed by atoms with Gasteiger partial charge < -0.3 is 9.80 Å². The Morgan fingerprint density at radius 2 is 1.50 bits per heavy atom. The molecule has 30 heavy (non-hydrogen) atoms. The average Bonchev–Trinajstić information content (AvgIpc) is 2.99. The fraction of sp³-hybridized carbons (Fsp3) is 0.360. The summed E-state index contributed by atoms with van der Waals surface area (Å²) in [6.07, 6.45) is 0. The highest BCUT2D eigenvalue weighted by Crippen LogP contribution is 2.33. The Kier molecular flexibility index (Phi) is 5.62. The molecule has 0 aromatic heterocycles. The van der Waals surface area contributed by atoms with Gasteiger partial charge in [0.25, 0.3) is 11.8 Å². The third-order valence-electron chi connectivity index (χ3n) is 5.72. The minimum Gasteiger partial charge on any atom is -0.368 e. The first-order valence-corrected chi connectivity index (χ1v) is 10.7. The van der Waals surface area contributed by atoms with Crippen LogP contribution in [0.4, 0.5) is 5.69 Å². The average molecular weight is 404 g/mol. The van der Waals surface area contributed by atoms with E-state index in [1.807, 2.05) is 44.2 Å². The quantitative estimate of drug-likeness (QED) is 0.716. The van der Waals surface area contributed by atoms with Crippen LogP contribution in [0.3, 0.4) is 0 Å². The molecule has 0 aliphatic carbocycles. The Hall–Kier alpha value is -3.08. The summed E-state index contributed by atoms with van der Waals surface area (Å²) in [5, 5.41) is 0. The normalized spacial score (nSPS) is 17.5. The molecule has 0 N–H and O–H groups in total. The largest absolute Gasteiger partial charge is 0.368 e. The van der Waals surface area contributed by atoms with Gasteiger partial charge in [0.15, 0.2) is 0 Å². The molecule has 4 rings (SSSR count). The van der Waals surface area contributed by atoms with Crippen LogP contribution in [-0.4, -0.2) is 54.3 Å². The van der Waals surface area contributed by atoms with E-state index in [2.05, 4.69) is 41.0 Å². The van der Waals surface area contributed by atoms with Gasteiger partial charge >= 0.3 is 0 Å². The molecular weight excluding hydrogens is 374 g/mol. The lowest BCUT2D eigenvalue weighted by Crippen LogP contribution is -2.47. The van der Waals surface area contributed by atoms with Crippen molar-refractivity contribution < 1.29 is 9.59 Å². The molecule has 0 radical (unpaired) electrons. The second kappa shape index (κ2) is 8.34. The van der Waals surface area contributed by atoms with Gasteiger partial charge in [-0.15, -0.1) is 0 Å². The molecule has 0 unspecified atom stereocenters. The lowest BCUT2D eigenvalue weighted by atomic mass is 10.0. The summed E-state index contributed by atoms with van der Waals surface area (Å²) in [7, 11) is 0. The van der Waals surface area contributed by atoms with E-state index in [4.69, 9.17) is 0 Å². The highest BCUT2D eigenvalue weighted by Gasteiger charge is 2.42. The number of carbonyl (C=O) groups is 2. The van der Waals surface area contributed by atoms with Gasteiger partial charge in [0, 0.05) is 38.4 Å².